The second-order valence-electron chi connectivity index (χ2n) is 4.92. The molecule has 1 heterocycles. The Labute approximate surface area is 102 Å². The van der Waals surface area contributed by atoms with Crippen LogP contribution in [0.1, 0.15) is 32.4 Å². The van der Waals surface area contributed by atoms with E-state index in [0.29, 0.717) is 17.7 Å². The average molecular weight is 233 g/mol. The van der Waals surface area contributed by atoms with Crippen LogP contribution in [0.2, 0.25) is 0 Å². The lowest BCUT2D eigenvalue weighted by atomic mass is 10.2. The van der Waals surface area contributed by atoms with Gasteiger partial charge in [-0.1, -0.05) is 13.8 Å². The van der Waals surface area contributed by atoms with Crippen LogP contribution < -0.4 is 10.6 Å². The Morgan fingerprint density at radius 3 is 2.65 bits per heavy atom. The zero-order valence-corrected chi connectivity index (χ0v) is 10.3. The molecule has 0 aliphatic heterocycles. The number of nitrogens with zero attached hydrogens (tertiary/aromatic N) is 3. The lowest BCUT2D eigenvalue weighted by Gasteiger charge is -2.26. The first kappa shape index (κ1) is 11.8. The fourth-order valence-electron chi connectivity index (χ4n) is 1.92. The van der Waals surface area contributed by atoms with Crippen molar-refractivity contribution in [2.45, 2.75) is 32.7 Å². The fourth-order valence-corrected chi connectivity index (χ4v) is 1.92. The van der Waals surface area contributed by atoms with Crippen molar-refractivity contribution >= 4 is 11.7 Å². The van der Waals surface area contributed by atoms with Crippen LogP contribution in [0.4, 0.5) is 5.82 Å². The van der Waals surface area contributed by atoms with Gasteiger partial charge in [-0.2, -0.15) is 0 Å². The molecule has 92 valence electrons. The number of nitrogens with two attached hydrogens (primary N) is 1. The van der Waals surface area contributed by atoms with Crippen molar-refractivity contribution in [3.8, 4) is 0 Å². The van der Waals surface area contributed by atoms with Gasteiger partial charge in [0, 0.05) is 25.0 Å². The summed E-state index contributed by atoms with van der Waals surface area (Å²) in [6.45, 7) is 5.29. The molecule has 1 aliphatic carbocycles. The first-order valence-corrected chi connectivity index (χ1v) is 6.01. The second kappa shape index (κ2) is 4.69. The molecular formula is C12H19N5. The quantitative estimate of drug-likeness (QED) is 0.595. The maximum absolute atomic E-state index is 7.56. The Morgan fingerprint density at radius 1 is 1.47 bits per heavy atom. The Morgan fingerprint density at radius 2 is 2.12 bits per heavy atom. The van der Waals surface area contributed by atoms with Crippen molar-refractivity contribution in [2.24, 2.45) is 11.7 Å². The summed E-state index contributed by atoms with van der Waals surface area (Å²) in [5.41, 5.74) is 6.06. The van der Waals surface area contributed by atoms with E-state index >= 15 is 0 Å². The Hall–Kier alpha value is -1.65. The monoisotopic (exact) mass is 233 g/mol. The molecule has 0 unspecified atom stereocenters. The molecule has 0 spiro atoms. The molecule has 1 fully saturated rings. The van der Waals surface area contributed by atoms with Crippen LogP contribution >= 0.6 is 0 Å². The van der Waals surface area contributed by atoms with E-state index in [9.17, 15) is 0 Å². The van der Waals surface area contributed by atoms with Crippen molar-refractivity contribution in [1.82, 2.24) is 9.97 Å². The van der Waals surface area contributed by atoms with Gasteiger partial charge in [0.2, 0.25) is 0 Å². The third-order valence-corrected chi connectivity index (χ3v) is 2.76. The van der Waals surface area contributed by atoms with Crippen molar-refractivity contribution in [1.29, 1.82) is 5.41 Å². The van der Waals surface area contributed by atoms with E-state index in [0.717, 1.165) is 12.4 Å². The highest BCUT2D eigenvalue weighted by Gasteiger charge is 2.32. The highest BCUT2D eigenvalue weighted by Crippen LogP contribution is 2.32. The van der Waals surface area contributed by atoms with Crippen LogP contribution in [0.25, 0.3) is 0 Å². The zero-order valence-electron chi connectivity index (χ0n) is 10.3. The largest absolute Gasteiger partial charge is 0.382 e. The minimum atomic E-state index is -0.0116. The first-order valence-electron chi connectivity index (χ1n) is 6.01. The minimum absolute atomic E-state index is 0.0116. The molecule has 1 aliphatic rings. The molecule has 5 nitrogen and oxygen atoms in total. The number of rotatable bonds is 5. The molecule has 0 atom stereocenters. The lowest BCUT2D eigenvalue weighted by molar-refractivity contribution is 0.601. The highest BCUT2D eigenvalue weighted by molar-refractivity contribution is 5.97. The standard InChI is InChI=1S/C12H19N5/c1-8(2)7-17(9-3-4-9)12-10(11(13)14)15-5-6-16-12/h5-6,8-9H,3-4,7H2,1-2H3,(H3,13,14). The molecule has 0 amide bonds. The number of nitrogen functional groups attached to an aromatic ring is 1. The first-order chi connectivity index (χ1) is 8.09. The van der Waals surface area contributed by atoms with Crippen molar-refractivity contribution in [2.75, 3.05) is 11.4 Å². The van der Waals surface area contributed by atoms with Crippen molar-refractivity contribution in [3.05, 3.63) is 18.1 Å². The molecule has 2 rings (SSSR count). The predicted molar refractivity (Wildman–Crippen MR) is 68.3 cm³/mol. The molecule has 0 aromatic carbocycles. The number of anilines is 1. The number of nitrogens with one attached hydrogen (secondary N) is 1. The van der Waals surface area contributed by atoms with Crippen LogP contribution in [0.5, 0.6) is 0 Å². The topological polar surface area (TPSA) is 78.9 Å². The third kappa shape index (κ3) is 2.72. The normalized spacial score (nSPS) is 15.0. The Bertz CT molecular complexity index is 411. The van der Waals surface area contributed by atoms with Crippen LogP contribution in [-0.4, -0.2) is 28.4 Å². The van der Waals surface area contributed by atoms with Gasteiger partial charge in [0.15, 0.2) is 5.82 Å². The molecule has 0 saturated heterocycles. The van der Waals surface area contributed by atoms with E-state index in [-0.39, 0.29) is 5.84 Å². The molecule has 5 heteroatoms. The Kier molecular flexibility index (Phi) is 3.26. The van der Waals surface area contributed by atoms with E-state index < -0.39 is 0 Å². The number of hydrogen-bond acceptors (Lipinski definition) is 4. The van der Waals surface area contributed by atoms with Gasteiger partial charge in [0.25, 0.3) is 0 Å². The van der Waals surface area contributed by atoms with Crippen LogP contribution in [-0.2, 0) is 0 Å². The van der Waals surface area contributed by atoms with Gasteiger partial charge in [-0.25, -0.2) is 9.97 Å². The van der Waals surface area contributed by atoms with E-state index in [1.807, 2.05) is 0 Å². The summed E-state index contributed by atoms with van der Waals surface area (Å²) in [7, 11) is 0. The van der Waals surface area contributed by atoms with Gasteiger partial charge in [-0.15, -0.1) is 0 Å². The SMILES string of the molecule is CC(C)CN(c1nccnc1C(=N)N)C1CC1. The minimum Gasteiger partial charge on any atom is -0.382 e. The van der Waals surface area contributed by atoms with E-state index in [4.69, 9.17) is 11.1 Å². The number of hydrogen-bond donors (Lipinski definition) is 2. The molecule has 1 saturated carbocycles. The molecule has 0 radical (unpaired) electrons. The van der Waals surface area contributed by atoms with Gasteiger partial charge >= 0.3 is 0 Å². The molecule has 1 aromatic heterocycles. The summed E-state index contributed by atoms with van der Waals surface area (Å²) in [5.74, 6) is 1.30. The Balaban J connectivity index is 2.31. The van der Waals surface area contributed by atoms with Crippen LogP contribution in [0.3, 0.4) is 0 Å². The van der Waals surface area contributed by atoms with Crippen molar-refractivity contribution in [3.63, 3.8) is 0 Å². The summed E-state index contributed by atoms with van der Waals surface area (Å²) in [4.78, 5) is 10.8. The van der Waals surface area contributed by atoms with E-state index in [1.54, 1.807) is 12.4 Å². The van der Waals surface area contributed by atoms with E-state index in [2.05, 4.69) is 28.7 Å². The molecule has 1 aromatic rings. The average Bonchev–Trinajstić information content (AvgIpc) is 3.09. The van der Waals surface area contributed by atoms with Gasteiger partial charge in [0.1, 0.15) is 11.5 Å². The summed E-state index contributed by atoms with van der Waals surface area (Å²) in [5, 5.41) is 7.56. The number of aromatic nitrogens is 2. The maximum atomic E-state index is 7.56. The van der Waals surface area contributed by atoms with Crippen molar-refractivity contribution < 1.29 is 0 Å². The van der Waals surface area contributed by atoms with Gasteiger partial charge < -0.3 is 10.6 Å². The third-order valence-electron chi connectivity index (χ3n) is 2.76. The molecule has 3 N–H and O–H groups in total. The van der Waals surface area contributed by atoms with Gasteiger partial charge in [-0.3, -0.25) is 5.41 Å². The fraction of sp³-hybridized carbons (Fsp3) is 0.583. The lowest BCUT2D eigenvalue weighted by Crippen LogP contribution is -2.33. The zero-order chi connectivity index (χ0) is 12.4. The molecule has 0 bridgehead atoms. The summed E-state index contributed by atoms with van der Waals surface area (Å²) < 4.78 is 0. The van der Waals surface area contributed by atoms with Gasteiger partial charge in [-0.05, 0) is 18.8 Å². The maximum Gasteiger partial charge on any atom is 0.158 e. The highest BCUT2D eigenvalue weighted by atomic mass is 15.2. The second-order valence-corrected chi connectivity index (χ2v) is 4.92. The van der Waals surface area contributed by atoms with Crippen LogP contribution in [0.15, 0.2) is 12.4 Å². The van der Waals surface area contributed by atoms with Crippen LogP contribution in [0, 0.1) is 11.3 Å². The smallest absolute Gasteiger partial charge is 0.158 e. The van der Waals surface area contributed by atoms with Gasteiger partial charge in [0.05, 0.1) is 0 Å². The summed E-state index contributed by atoms with van der Waals surface area (Å²) in [6.07, 6.45) is 5.64. The molecule has 17 heavy (non-hydrogen) atoms. The molecular weight excluding hydrogens is 214 g/mol. The summed E-state index contributed by atoms with van der Waals surface area (Å²) >= 11 is 0. The summed E-state index contributed by atoms with van der Waals surface area (Å²) in [6, 6.07) is 0.548. The van der Waals surface area contributed by atoms with E-state index in [1.165, 1.54) is 12.8 Å². The predicted octanol–water partition coefficient (Wildman–Crippen LogP) is 1.39. The number of amidine groups is 1.